The van der Waals surface area contributed by atoms with Crippen LogP contribution >= 0.6 is 70.6 Å². The van der Waals surface area contributed by atoms with Gasteiger partial charge in [0.15, 0.2) is 0 Å². The zero-order valence-corrected chi connectivity index (χ0v) is 21.9. The molecule has 2 unspecified atom stereocenters. The third kappa shape index (κ3) is 6.15. The van der Waals surface area contributed by atoms with E-state index in [1.807, 2.05) is 47.0 Å². The first kappa shape index (κ1) is 24.2. The van der Waals surface area contributed by atoms with Crippen molar-refractivity contribution in [1.82, 2.24) is 0 Å². The third-order valence-corrected chi connectivity index (χ3v) is 12.3. The Balaban J connectivity index is 1.37. The van der Waals surface area contributed by atoms with Crippen LogP contribution in [-0.4, -0.2) is 21.7 Å². The van der Waals surface area contributed by atoms with Gasteiger partial charge in [-0.3, -0.25) is 9.59 Å². The van der Waals surface area contributed by atoms with E-state index in [1.165, 1.54) is 67.4 Å². The maximum absolute atomic E-state index is 11.5. The largest absolute Gasteiger partial charge is 0.282 e. The van der Waals surface area contributed by atoms with Crippen LogP contribution in [-0.2, 0) is 9.59 Å². The van der Waals surface area contributed by atoms with Gasteiger partial charge in [-0.05, 0) is 57.0 Å². The Bertz CT molecular complexity index is 1050. The summed E-state index contributed by atoms with van der Waals surface area (Å²) in [4.78, 5) is 25.4. The van der Waals surface area contributed by atoms with Crippen LogP contribution in [0, 0.1) is 0 Å². The Morgan fingerprint density at radius 1 is 0.781 bits per heavy atom. The minimum absolute atomic E-state index is 0.0198. The summed E-state index contributed by atoms with van der Waals surface area (Å²) in [6.45, 7) is 7.05. The van der Waals surface area contributed by atoms with Crippen LogP contribution in [0.15, 0.2) is 82.3 Å². The Hall–Kier alpha value is -0.900. The fraction of sp³-hybridized carbons (Fsp3) is 0.167. The van der Waals surface area contributed by atoms with Crippen LogP contribution in [0.5, 0.6) is 0 Å². The lowest BCUT2D eigenvalue weighted by molar-refractivity contribution is -0.107. The fourth-order valence-electron chi connectivity index (χ4n) is 3.07. The zero-order valence-electron chi connectivity index (χ0n) is 17.0. The van der Waals surface area contributed by atoms with Gasteiger partial charge in [-0.2, -0.15) is 0 Å². The molecule has 164 valence electrons. The van der Waals surface area contributed by atoms with Crippen molar-refractivity contribution < 1.29 is 9.59 Å². The number of rotatable bonds is 8. The van der Waals surface area contributed by atoms with Crippen molar-refractivity contribution in [2.75, 3.05) is 11.5 Å². The molecule has 0 N–H and O–H groups in total. The molecule has 2 atom stereocenters. The summed E-state index contributed by atoms with van der Waals surface area (Å²) < 4.78 is 0.661. The van der Waals surface area contributed by atoms with Gasteiger partial charge in [-0.15, -0.1) is 47.0 Å². The molecule has 0 bridgehead atoms. The van der Waals surface area contributed by atoms with E-state index in [4.69, 9.17) is 0 Å². The first-order valence-corrected chi connectivity index (χ1v) is 15.3. The van der Waals surface area contributed by atoms with Gasteiger partial charge >= 0.3 is 0 Å². The smallest absolute Gasteiger partial charge is 0.211 e. The number of carbonyl (C=O) groups is 2. The van der Waals surface area contributed by atoms with Gasteiger partial charge in [0.1, 0.15) is 0 Å². The molecule has 8 heteroatoms. The Labute approximate surface area is 214 Å². The lowest BCUT2D eigenvalue weighted by atomic mass is 10.1. The summed E-state index contributed by atoms with van der Waals surface area (Å²) in [5.41, 5.74) is 2.59. The molecular weight excluding hydrogens is 513 g/mol. The Morgan fingerprint density at radius 3 is 1.62 bits per heavy atom. The van der Waals surface area contributed by atoms with Crippen LogP contribution in [0.25, 0.3) is 10.8 Å². The van der Waals surface area contributed by atoms with Crippen LogP contribution < -0.4 is 0 Å². The predicted molar refractivity (Wildman–Crippen MR) is 151 cm³/mol. The number of fused-ring (bicyclic) bond motifs is 1. The molecule has 0 aromatic heterocycles. The fourth-order valence-corrected chi connectivity index (χ4v) is 9.89. The maximum Gasteiger partial charge on any atom is 0.211 e. The van der Waals surface area contributed by atoms with E-state index in [0.717, 1.165) is 0 Å². The van der Waals surface area contributed by atoms with E-state index in [2.05, 4.69) is 60.4 Å². The molecule has 4 rings (SSSR count). The van der Waals surface area contributed by atoms with Crippen LogP contribution in [0.2, 0.25) is 0 Å². The summed E-state index contributed by atoms with van der Waals surface area (Å²) in [5, 5.41) is 6.87. The van der Waals surface area contributed by atoms with Crippen molar-refractivity contribution >= 4 is 91.6 Å². The molecule has 0 spiro atoms. The number of benzene rings is 2. The first-order valence-electron chi connectivity index (χ1n) is 9.70. The highest BCUT2D eigenvalue weighted by Crippen LogP contribution is 2.53. The molecule has 0 radical (unpaired) electrons. The quantitative estimate of drug-likeness (QED) is 0.314. The van der Waals surface area contributed by atoms with Gasteiger partial charge < -0.3 is 0 Å². The molecule has 2 aliphatic rings. The number of thioether (sulfide) groups is 6. The summed E-state index contributed by atoms with van der Waals surface area (Å²) >= 11 is 9.88. The normalized spacial score (nSPS) is 20.1. The van der Waals surface area contributed by atoms with Crippen LogP contribution in [0.4, 0.5) is 0 Å². The highest BCUT2D eigenvalue weighted by Gasteiger charge is 2.23. The highest BCUT2D eigenvalue weighted by atomic mass is 32.2. The molecule has 2 aliphatic heterocycles. The zero-order chi connectivity index (χ0) is 22.5. The summed E-state index contributed by atoms with van der Waals surface area (Å²) in [6, 6.07) is 13.4. The van der Waals surface area contributed by atoms with E-state index in [1.54, 1.807) is 0 Å². The van der Waals surface area contributed by atoms with E-state index in [0.29, 0.717) is 20.7 Å². The molecule has 0 aliphatic carbocycles. The number of hydrogen-bond donors (Lipinski definition) is 0. The second-order valence-electron chi connectivity index (χ2n) is 6.83. The molecule has 2 aromatic carbocycles. The summed E-state index contributed by atoms with van der Waals surface area (Å²) in [5.74, 6) is 1.42. The Kier molecular flexibility index (Phi) is 8.70. The number of hydrogen-bond acceptors (Lipinski definition) is 8. The lowest BCUT2D eigenvalue weighted by Gasteiger charge is -2.13. The first-order chi connectivity index (χ1) is 15.6. The van der Waals surface area contributed by atoms with E-state index in [9.17, 15) is 9.59 Å². The van der Waals surface area contributed by atoms with Crippen LogP contribution in [0.3, 0.4) is 0 Å². The van der Waals surface area contributed by atoms with Crippen LogP contribution in [0.1, 0.15) is 20.3 Å². The monoisotopic (exact) mass is 532 g/mol. The molecule has 2 heterocycles. The van der Waals surface area contributed by atoms with Gasteiger partial charge in [-0.1, -0.05) is 60.9 Å². The van der Waals surface area contributed by atoms with Gasteiger partial charge in [-0.25, -0.2) is 0 Å². The average molecular weight is 533 g/mol. The summed E-state index contributed by atoms with van der Waals surface area (Å²) in [7, 11) is 0. The van der Waals surface area contributed by atoms with Crippen molar-refractivity contribution in [3.8, 4) is 0 Å². The van der Waals surface area contributed by atoms with E-state index >= 15 is 0 Å². The van der Waals surface area contributed by atoms with E-state index in [-0.39, 0.29) is 10.2 Å². The third-order valence-electron chi connectivity index (χ3n) is 4.64. The topological polar surface area (TPSA) is 34.1 Å². The molecule has 0 saturated carbocycles. The van der Waals surface area contributed by atoms with Gasteiger partial charge in [0.05, 0.1) is 9.16 Å². The number of carbonyl (C=O) groups excluding carboxylic acids is 2. The van der Waals surface area contributed by atoms with Crippen molar-refractivity contribution in [3.63, 3.8) is 0 Å². The van der Waals surface area contributed by atoms with Crippen molar-refractivity contribution in [1.29, 1.82) is 0 Å². The second kappa shape index (κ2) is 11.5. The van der Waals surface area contributed by atoms with Crippen molar-refractivity contribution in [2.24, 2.45) is 0 Å². The molecule has 0 amide bonds. The minimum atomic E-state index is 0.0198. The minimum Gasteiger partial charge on any atom is -0.282 e. The van der Waals surface area contributed by atoms with Gasteiger partial charge in [0.2, 0.25) is 10.2 Å². The SMILES string of the molecule is C=CC(=O)SCC1=CSC(c2ccc3cc(C4SC=C(CSC(=O)C=C)S4)ccc3c2)S1. The molecule has 2 nitrogen and oxygen atoms in total. The predicted octanol–water partition coefficient (Wildman–Crippen LogP) is 8.37. The van der Waals surface area contributed by atoms with Crippen molar-refractivity contribution in [3.05, 3.63) is 93.5 Å². The second-order valence-corrected chi connectivity index (χ2v) is 13.8. The van der Waals surface area contributed by atoms with Crippen molar-refractivity contribution in [2.45, 2.75) is 9.16 Å². The average Bonchev–Trinajstić information content (AvgIpc) is 3.50. The molecule has 0 saturated heterocycles. The Morgan fingerprint density at radius 2 is 1.22 bits per heavy atom. The summed E-state index contributed by atoms with van der Waals surface area (Å²) in [6.07, 6.45) is 2.74. The highest BCUT2D eigenvalue weighted by molar-refractivity contribution is 8.24. The van der Waals surface area contributed by atoms with Gasteiger partial charge in [0.25, 0.3) is 0 Å². The lowest BCUT2D eigenvalue weighted by Crippen LogP contribution is -1.91. The van der Waals surface area contributed by atoms with E-state index < -0.39 is 0 Å². The molecule has 32 heavy (non-hydrogen) atoms. The maximum atomic E-state index is 11.5. The molecule has 0 fully saturated rings. The van der Waals surface area contributed by atoms with Gasteiger partial charge in [0, 0.05) is 21.3 Å². The standard InChI is InChI=1S/C24H20O2S6/c1-3-21(25)27-11-19-13-29-23(31-19)17-7-5-16-10-18(8-6-15(16)9-17)24-30-14-20(32-24)12-28-22(26)4-2/h3-10,13-14,23-24H,1-2,11-12H2. The molecule has 2 aromatic rings. The molecular formula is C24H20O2S6.